The number of urea groups is 1. The topological polar surface area (TPSA) is 92.3 Å². The highest BCUT2D eigenvalue weighted by atomic mass is 35.5. The summed E-state index contributed by atoms with van der Waals surface area (Å²) in [6, 6.07) is 2.64. The van der Waals surface area contributed by atoms with Crippen LogP contribution >= 0.6 is 11.6 Å². The van der Waals surface area contributed by atoms with Crippen LogP contribution in [-0.4, -0.2) is 32.0 Å². The third-order valence-electron chi connectivity index (χ3n) is 3.53. The third-order valence-corrected chi connectivity index (χ3v) is 5.61. The van der Waals surface area contributed by atoms with E-state index < -0.39 is 61.2 Å². The second-order valence-corrected chi connectivity index (χ2v) is 7.94. The number of rotatable bonds is 5. The maximum atomic E-state index is 14.0. The van der Waals surface area contributed by atoms with Crippen LogP contribution in [0.15, 0.2) is 41.3 Å². The van der Waals surface area contributed by atoms with Crippen molar-refractivity contribution in [1.82, 2.24) is 5.32 Å². The van der Waals surface area contributed by atoms with E-state index in [0.29, 0.717) is 12.1 Å². The number of imide groups is 1. The molecule has 0 fully saturated rings. The number of hydrogen-bond donors (Lipinski definition) is 2. The minimum Gasteiger partial charge on any atom is -0.305 e. The van der Waals surface area contributed by atoms with Gasteiger partial charge in [0, 0.05) is 0 Å². The van der Waals surface area contributed by atoms with Gasteiger partial charge in [0.15, 0.2) is 0 Å². The van der Waals surface area contributed by atoms with Crippen LogP contribution in [0.25, 0.3) is 0 Å². The Labute approximate surface area is 169 Å². The first-order chi connectivity index (χ1) is 13.8. The van der Waals surface area contributed by atoms with Crippen molar-refractivity contribution in [2.75, 3.05) is 5.32 Å². The maximum Gasteiger partial charge on any atom is 0.408 e. The number of benzene rings is 2. The predicted molar refractivity (Wildman–Crippen MR) is 92.4 cm³/mol. The van der Waals surface area contributed by atoms with Crippen molar-refractivity contribution in [3.8, 4) is 0 Å². The third kappa shape index (κ3) is 4.51. The van der Waals surface area contributed by atoms with Gasteiger partial charge in [-0.15, -0.1) is 0 Å². The Kier molecular flexibility index (Phi) is 6.67. The Morgan fingerprint density at radius 3 is 2.20 bits per heavy atom. The number of nitrogens with one attached hydrogen (secondary N) is 2. The standard InChI is InChI=1S/C16H9ClF6N2O4S/c17-8-2-1-3-9(18)12(8)13(26)25-15(27)24-11-5-4-7(6-10(11)19)30(28,29)16(22,23)14(20)21/h1-6,14H,(H2,24,25,26,27). The van der Waals surface area contributed by atoms with E-state index in [1.165, 1.54) is 6.07 Å². The summed E-state index contributed by atoms with van der Waals surface area (Å²) in [5.74, 6) is -3.95. The lowest BCUT2D eigenvalue weighted by Gasteiger charge is -2.16. The van der Waals surface area contributed by atoms with Crippen LogP contribution in [0.2, 0.25) is 5.02 Å². The quantitative estimate of drug-likeness (QED) is 0.635. The van der Waals surface area contributed by atoms with Crippen molar-refractivity contribution < 1.29 is 44.3 Å². The highest BCUT2D eigenvalue weighted by Gasteiger charge is 2.54. The second kappa shape index (κ2) is 8.52. The second-order valence-electron chi connectivity index (χ2n) is 5.51. The maximum absolute atomic E-state index is 14.0. The average molecular weight is 475 g/mol. The molecule has 0 atom stereocenters. The molecule has 0 saturated carbocycles. The Balaban J connectivity index is 2.21. The van der Waals surface area contributed by atoms with Crippen molar-refractivity contribution in [3.63, 3.8) is 0 Å². The van der Waals surface area contributed by atoms with Gasteiger partial charge in [-0.25, -0.2) is 30.8 Å². The molecule has 2 rings (SSSR count). The largest absolute Gasteiger partial charge is 0.408 e. The van der Waals surface area contributed by atoms with E-state index in [0.717, 1.165) is 12.1 Å². The lowest BCUT2D eigenvalue weighted by atomic mass is 10.2. The number of alkyl halides is 4. The van der Waals surface area contributed by atoms with Crippen LogP contribution in [0.3, 0.4) is 0 Å². The highest BCUT2D eigenvalue weighted by molar-refractivity contribution is 7.92. The van der Waals surface area contributed by atoms with Gasteiger partial charge in [0.25, 0.3) is 5.91 Å². The molecule has 0 aliphatic rings. The first-order valence-corrected chi connectivity index (χ1v) is 9.41. The van der Waals surface area contributed by atoms with Crippen LogP contribution in [0.1, 0.15) is 10.4 Å². The van der Waals surface area contributed by atoms with E-state index in [1.54, 1.807) is 10.6 Å². The first kappa shape index (κ1) is 23.5. The molecule has 14 heteroatoms. The van der Waals surface area contributed by atoms with Gasteiger partial charge in [0.05, 0.1) is 21.2 Å². The van der Waals surface area contributed by atoms with Gasteiger partial charge in [-0.3, -0.25) is 10.1 Å². The van der Waals surface area contributed by atoms with E-state index in [2.05, 4.69) is 0 Å². The lowest BCUT2D eigenvalue weighted by Crippen LogP contribution is -2.36. The molecular weight excluding hydrogens is 466 g/mol. The lowest BCUT2D eigenvalue weighted by molar-refractivity contribution is -0.0636. The molecule has 0 bridgehead atoms. The number of carbonyl (C=O) groups excluding carboxylic acids is 2. The van der Waals surface area contributed by atoms with Crippen LogP contribution in [0.4, 0.5) is 36.8 Å². The van der Waals surface area contributed by atoms with E-state index in [1.807, 2.05) is 0 Å². The summed E-state index contributed by atoms with van der Waals surface area (Å²) in [6.07, 6.45) is -4.56. The molecule has 0 spiro atoms. The molecule has 2 aromatic carbocycles. The number of sulfone groups is 1. The Morgan fingerprint density at radius 1 is 1.03 bits per heavy atom. The Bertz CT molecular complexity index is 1090. The molecule has 0 aromatic heterocycles. The van der Waals surface area contributed by atoms with Crippen molar-refractivity contribution in [2.45, 2.75) is 16.6 Å². The summed E-state index contributed by atoms with van der Waals surface area (Å²) >= 11 is 5.65. The van der Waals surface area contributed by atoms with E-state index in [9.17, 15) is 44.3 Å². The molecule has 0 unspecified atom stereocenters. The van der Waals surface area contributed by atoms with E-state index in [4.69, 9.17) is 11.6 Å². The summed E-state index contributed by atoms with van der Waals surface area (Å²) in [4.78, 5) is 22.2. The molecule has 162 valence electrons. The van der Waals surface area contributed by atoms with Crippen LogP contribution in [-0.2, 0) is 9.84 Å². The number of halogens is 7. The summed E-state index contributed by atoms with van der Waals surface area (Å²) < 4.78 is 102. The molecular formula is C16H9ClF6N2O4S. The van der Waals surface area contributed by atoms with Gasteiger partial charge in [0.1, 0.15) is 11.6 Å². The molecule has 2 N–H and O–H groups in total. The Morgan fingerprint density at radius 2 is 1.67 bits per heavy atom. The summed E-state index contributed by atoms with van der Waals surface area (Å²) in [5.41, 5.74) is -1.48. The van der Waals surface area contributed by atoms with Gasteiger partial charge in [-0.2, -0.15) is 8.78 Å². The van der Waals surface area contributed by atoms with Crippen molar-refractivity contribution >= 4 is 39.1 Å². The predicted octanol–water partition coefficient (Wildman–Crippen LogP) is 4.21. The molecule has 2 aromatic rings. The molecule has 3 amide bonds. The van der Waals surface area contributed by atoms with Gasteiger partial charge >= 0.3 is 17.7 Å². The van der Waals surface area contributed by atoms with Gasteiger partial charge in [-0.05, 0) is 30.3 Å². The normalized spacial score (nSPS) is 12.0. The molecule has 0 heterocycles. The van der Waals surface area contributed by atoms with Crippen molar-refractivity contribution in [3.05, 3.63) is 58.6 Å². The smallest absolute Gasteiger partial charge is 0.305 e. The zero-order chi connectivity index (χ0) is 22.9. The fraction of sp³-hybridized carbons (Fsp3) is 0.125. The monoisotopic (exact) mass is 474 g/mol. The number of carbonyl (C=O) groups is 2. The molecule has 0 saturated heterocycles. The summed E-state index contributed by atoms with van der Waals surface area (Å²) in [7, 11) is -5.93. The van der Waals surface area contributed by atoms with Crippen molar-refractivity contribution in [1.29, 1.82) is 0 Å². The van der Waals surface area contributed by atoms with Gasteiger partial charge in [0.2, 0.25) is 9.84 Å². The van der Waals surface area contributed by atoms with Gasteiger partial charge in [-0.1, -0.05) is 17.7 Å². The summed E-state index contributed by atoms with van der Waals surface area (Å²) in [6.45, 7) is 0. The zero-order valence-electron chi connectivity index (χ0n) is 14.2. The summed E-state index contributed by atoms with van der Waals surface area (Å²) in [5, 5.41) is -2.44. The molecule has 30 heavy (non-hydrogen) atoms. The minimum absolute atomic E-state index is 0.0171. The van der Waals surface area contributed by atoms with Crippen molar-refractivity contribution in [2.24, 2.45) is 0 Å². The molecule has 0 aliphatic carbocycles. The minimum atomic E-state index is -5.93. The van der Waals surface area contributed by atoms with Crippen LogP contribution in [0, 0.1) is 11.6 Å². The fourth-order valence-corrected chi connectivity index (χ4v) is 3.38. The van der Waals surface area contributed by atoms with Gasteiger partial charge < -0.3 is 5.32 Å². The molecule has 6 nitrogen and oxygen atoms in total. The number of amides is 3. The molecule has 0 aliphatic heterocycles. The number of anilines is 1. The van der Waals surface area contributed by atoms with E-state index in [-0.39, 0.29) is 11.1 Å². The number of hydrogen-bond acceptors (Lipinski definition) is 4. The average Bonchev–Trinajstić information content (AvgIpc) is 2.62. The van der Waals surface area contributed by atoms with Crippen LogP contribution in [0.5, 0.6) is 0 Å². The fourth-order valence-electron chi connectivity index (χ4n) is 2.07. The molecule has 0 radical (unpaired) electrons. The first-order valence-electron chi connectivity index (χ1n) is 7.55. The highest BCUT2D eigenvalue weighted by Crippen LogP contribution is 2.35. The Hall–Kier alpha value is -2.80. The van der Waals surface area contributed by atoms with E-state index >= 15 is 0 Å². The SMILES string of the molecule is O=C(NC(=O)c1c(F)cccc1Cl)Nc1ccc(S(=O)(=O)C(F)(F)C(F)F)cc1F. The zero-order valence-corrected chi connectivity index (χ0v) is 15.8. The van der Waals surface area contributed by atoms with Crippen LogP contribution < -0.4 is 10.6 Å².